The molecule has 1 unspecified atom stereocenters. The largest absolute Gasteiger partial charge is 0.497 e. The van der Waals surface area contributed by atoms with E-state index >= 15 is 0 Å². The zero-order valence-electron chi connectivity index (χ0n) is 13.6. The Hall–Kier alpha value is -2.30. The molecule has 23 heavy (non-hydrogen) atoms. The summed E-state index contributed by atoms with van der Waals surface area (Å²) in [7, 11) is 1.65. The molecule has 3 rings (SSSR count). The molecule has 1 amide bonds. The Kier molecular flexibility index (Phi) is 4.65. The molecule has 1 saturated heterocycles. The van der Waals surface area contributed by atoms with E-state index in [1.54, 1.807) is 13.2 Å². The van der Waals surface area contributed by atoms with Crippen LogP contribution in [0, 0.1) is 0 Å². The lowest BCUT2D eigenvalue weighted by Crippen LogP contribution is -2.30. The summed E-state index contributed by atoms with van der Waals surface area (Å²) in [5.74, 6) is 1.55. The fourth-order valence-electron chi connectivity index (χ4n) is 3.11. The minimum absolute atomic E-state index is 0.0468. The molecular formula is C18H22N2O3. The molecule has 0 bridgehead atoms. The number of methoxy groups -OCH3 is 1. The van der Waals surface area contributed by atoms with Crippen LogP contribution in [0.4, 0.5) is 0 Å². The van der Waals surface area contributed by atoms with Gasteiger partial charge in [0.15, 0.2) is 5.69 Å². The fraction of sp³-hybridized carbons (Fsp3) is 0.444. The predicted molar refractivity (Wildman–Crippen MR) is 86.5 cm³/mol. The van der Waals surface area contributed by atoms with Crippen molar-refractivity contribution in [3.63, 3.8) is 0 Å². The van der Waals surface area contributed by atoms with Gasteiger partial charge in [0.1, 0.15) is 11.5 Å². The van der Waals surface area contributed by atoms with Gasteiger partial charge in [0.05, 0.1) is 13.2 Å². The van der Waals surface area contributed by atoms with Crippen molar-refractivity contribution < 1.29 is 14.1 Å². The molecule has 1 fully saturated rings. The number of nitrogens with zero attached hydrogens (tertiary/aromatic N) is 2. The number of amides is 1. The molecule has 1 atom stereocenters. The number of aryl methyl sites for hydroxylation is 1. The lowest BCUT2D eigenvalue weighted by molar-refractivity contribution is 0.0725. The second-order valence-corrected chi connectivity index (χ2v) is 5.86. The van der Waals surface area contributed by atoms with Crippen molar-refractivity contribution in [1.29, 1.82) is 0 Å². The van der Waals surface area contributed by atoms with Crippen molar-refractivity contribution in [3.05, 3.63) is 47.3 Å². The van der Waals surface area contributed by atoms with E-state index in [2.05, 4.69) is 12.1 Å². The van der Waals surface area contributed by atoms with Crippen molar-refractivity contribution in [3.8, 4) is 5.75 Å². The van der Waals surface area contributed by atoms with E-state index in [1.165, 1.54) is 0 Å². The van der Waals surface area contributed by atoms with Crippen molar-refractivity contribution in [1.82, 2.24) is 10.1 Å². The third kappa shape index (κ3) is 3.23. The van der Waals surface area contributed by atoms with Gasteiger partial charge in [0, 0.05) is 19.0 Å². The van der Waals surface area contributed by atoms with Gasteiger partial charge < -0.3 is 14.2 Å². The van der Waals surface area contributed by atoms with Gasteiger partial charge in [-0.25, -0.2) is 0 Å². The fourth-order valence-corrected chi connectivity index (χ4v) is 3.11. The molecule has 0 saturated carbocycles. The topological polar surface area (TPSA) is 55.6 Å². The number of benzene rings is 1. The monoisotopic (exact) mass is 314 g/mol. The number of carbonyl (C=O) groups excluding carboxylic acids is 1. The average molecular weight is 314 g/mol. The second-order valence-electron chi connectivity index (χ2n) is 5.86. The Morgan fingerprint density at radius 1 is 1.39 bits per heavy atom. The number of rotatable bonds is 5. The Labute approximate surface area is 136 Å². The molecule has 5 heteroatoms. The van der Waals surface area contributed by atoms with Crippen LogP contribution in [0.1, 0.15) is 54.0 Å². The van der Waals surface area contributed by atoms with Crippen LogP contribution in [0.3, 0.4) is 0 Å². The van der Waals surface area contributed by atoms with Gasteiger partial charge in [-0.1, -0.05) is 24.2 Å². The molecule has 1 aliphatic rings. The molecule has 0 aliphatic carbocycles. The van der Waals surface area contributed by atoms with Crippen LogP contribution in [0.15, 0.2) is 34.9 Å². The first-order chi connectivity index (χ1) is 11.2. The summed E-state index contributed by atoms with van der Waals surface area (Å²) in [5, 5.41) is 3.95. The Morgan fingerprint density at radius 3 is 2.87 bits per heavy atom. The molecule has 2 heterocycles. The summed E-state index contributed by atoms with van der Waals surface area (Å²) in [5.41, 5.74) is 1.54. The Bertz CT molecular complexity index is 663. The third-order valence-electron chi connectivity index (χ3n) is 4.29. The molecule has 5 nitrogen and oxygen atoms in total. The van der Waals surface area contributed by atoms with Crippen LogP contribution in [0.2, 0.25) is 0 Å². The lowest BCUT2D eigenvalue weighted by Gasteiger charge is -2.24. The zero-order valence-corrected chi connectivity index (χ0v) is 13.6. The zero-order chi connectivity index (χ0) is 16.2. The molecule has 1 aromatic carbocycles. The highest BCUT2D eigenvalue weighted by Gasteiger charge is 2.32. The Morgan fingerprint density at radius 2 is 2.17 bits per heavy atom. The van der Waals surface area contributed by atoms with E-state index in [0.29, 0.717) is 5.69 Å². The minimum atomic E-state index is -0.0468. The SMILES string of the molecule is CCCc1cc(C(=O)N2CCCC2c2ccc(OC)cc2)no1. The normalized spacial score (nSPS) is 17.5. The summed E-state index contributed by atoms with van der Waals surface area (Å²) in [6.07, 6.45) is 3.75. The first-order valence-corrected chi connectivity index (χ1v) is 8.13. The number of carbonyl (C=O) groups is 1. The highest BCUT2D eigenvalue weighted by molar-refractivity contribution is 5.92. The van der Waals surface area contributed by atoms with Crippen molar-refractivity contribution >= 4 is 5.91 Å². The van der Waals surface area contributed by atoms with Gasteiger partial charge in [-0.2, -0.15) is 0 Å². The van der Waals surface area contributed by atoms with Crippen LogP contribution in [0.5, 0.6) is 5.75 Å². The quantitative estimate of drug-likeness (QED) is 0.846. The molecule has 0 radical (unpaired) electrons. The van der Waals surface area contributed by atoms with Crippen LogP contribution in [-0.2, 0) is 6.42 Å². The van der Waals surface area contributed by atoms with E-state index in [-0.39, 0.29) is 11.9 Å². The van der Waals surface area contributed by atoms with Gasteiger partial charge in [-0.3, -0.25) is 4.79 Å². The van der Waals surface area contributed by atoms with E-state index in [1.807, 2.05) is 29.2 Å². The van der Waals surface area contributed by atoms with Crippen LogP contribution in [-0.4, -0.2) is 29.6 Å². The van der Waals surface area contributed by atoms with E-state index in [9.17, 15) is 4.79 Å². The van der Waals surface area contributed by atoms with Gasteiger partial charge in [0.2, 0.25) is 0 Å². The van der Waals surface area contributed by atoms with Gasteiger partial charge in [-0.15, -0.1) is 0 Å². The molecule has 122 valence electrons. The highest BCUT2D eigenvalue weighted by Crippen LogP contribution is 2.33. The highest BCUT2D eigenvalue weighted by atomic mass is 16.5. The first-order valence-electron chi connectivity index (χ1n) is 8.13. The van der Waals surface area contributed by atoms with Crippen molar-refractivity contribution in [2.75, 3.05) is 13.7 Å². The summed E-state index contributed by atoms with van der Waals surface area (Å²) in [4.78, 5) is 14.6. The van der Waals surface area contributed by atoms with Crippen molar-refractivity contribution in [2.24, 2.45) is 0 Å². The smallest absolute Gasteiger partial charge is 0.276 e. The number of likely N-dealkylation sites (tertiary alicyclic amines) is 1. The third-order valence-corrected chi connectivity index (χ3v) is 4.29. The second kappa shape index (κ2) is 6.86. The maximum absolute atomic E-state index is 12.8. The molecule has 2 aromatic rings. The van der Waals surface area contributed by atoms with Gasteiger partial charge >= 0.3 is 0 Å². The van der Waals surface area contributed by atoms with Crippen LogP contribution < -0.4 is 4.74 Å². The molecule has 1 aliphatic heterocycles. The lowest BCUT2D eigenvalue weighted by atomic mass is 10.0. The van der Waals surface area contributed by atoms with Crippen molar-refractivity contribution in [2.45, 2.75) is 38.6 Å². The first kappa shape index (κ1) is 15.6. The predicted octanol–water partition coefficient (Wildman–Crippen LogP) is 3.61. The number of ether oxygens (including phenoxy) is 1. The average Bonchev–Trinajstić information content (AvgIpc) is 3.24. The van der Waals surface area contributed by atoms with E-state index in [0.717, 1.165) is 49.3 Å². The molecule has 0 N–H and O–H groups in total. The number of hydrogen-bond donors (Lipinski definition) is 0. The number of hydrogen-bond acceptors (Lipinski definition) is 4. The molecule has 0 spiro atoms. The summed E-state index contributed by atoms with van der Waals surface area (Å²) in [6, 6.07) is 9.80. The summed E-state index contributed by atoms with van der Waals surface area (Å²) >= 11 is 0. The number of aromatic nitrogens is 1. The summed E-state index contributed by atoms with van der Waals surface area (Å²) < 4.78 is 10.4. The van der Waals surface area contributed by atoms with Gasteiger partial charge in [-0.05, 0) is 37.0 Å². The van der Waals surface area contributed by atoms with Crippen LogP contribution >= 0.6 is 0 Å². The van der Waals surface area contributed by atoms with E-state index in [4.69, 9.17) is 9.26 Å². The standard InChI is InChI=1S/C18H22N2O3/c1-3-5-15-12-16(19-23-15)18(21)20-11-4-6-17(20)13-7-9-14(22-2)10-8-13/h7-10,12,17H,3-6,11H2,1-2H3. The van der Waals surface area contributed by atoms with Crippen LogP contribution in [0.25, 0.3) is 0 Å². The maximum Gasteiger partial charge on any atom is 0.276 e. The maximum atomic E-state index is 12.8. The minimum Gasteiger partial charge on any atom is -0.497 e. The Balaban J connectivity index is 1.78. The molecule has 1 aromatic heterocycles. The van der Waals surface area contributed by atoms with E-state index < -0.39 is 0 Å². The van der Waals surface area contributed by atoms with Gasteiger partial charge in [0.25, 0.3) is 5.91 Å². The molecular weight excluding hydrogens is 292 g/mol. The summed E-state index contributed by atoms with van der Waals surface area (Å²) in [6.45, 7) is 2.83.